The van der Waals surface area contributed by atoms with Crippen molar-refractivity contribution in [1.82, 2.24) is 10.2 Å². The van der Waals surface area contributed by atoms with E-state index in [1.165, 1.54) is 5.56 Å². The molecule has 1 aromatic carbocycles. The van der Waals surface area contributed by atoms with Gasteiger partial charge in [-0.2, -0.15) is 0 Å². The predicted octanol–water partition coefficient (Wildman–Crippen LogP) is 2.70. The summed E-state index contributed by atoms with van der Waals surface area (Å²) in [6.45, 7) is 10.6. The van der Waals surface area contributed by atoms with Gasteiger partial charge in [0.1, 0.15) is 11.9 Å². The summed E-state index contributed by atoms with van der Waals surface area (Å²) in [7, 11) is 1.84. The number of nitrogens with one attached hydrogen (secondary N) is 1. The summed E-state index contributed by atoms with van der Waals surface area (Å²) in [4.78, 5) is 6.72. The van der Waals surface area contributed by atoms with E-state index in [4.69, 9.17) is 9.47 Å². The molecule has 134 valence electrons. The van der Waals surface area contributed by atoms with Crippen molar-refractivity contribution in [2.45, 2.75) is 33.3 Å². The van der Waals surface area contributed by atoms with Gasteiger partial charge < -0.3 is 19.7 Å². The van der Waals surface area contributed by atoms with Gasteiger partial charge >= 0.3 is 0 Å². The Balaban J connectivity index is 1.76. The minimum absolute atomic E-state index is 0.0753. The van der Waals surface area contributed by atoms with Gasteiger partial charge in [0, 0.05) is 32.7 Å². The zero-order valence-corrected chi connectivity index (χ0v) is 15.4. The highest BCUT2D eigenvalue weighted by Crippen LogP contribution is 2.17. The van der Waals surface area contributed by atoms with Crippen LogP contribution in [0.25, 0.3) is 0 Å². The first-order chi connectivity index (χ1) is 11.6. The minimum Gasteiger partial charge on any atom is -0.489 e. The Morgan fingerprint density at radius 2 is 2.12 bits per heavy atom. The lowest BCUT2D eigenvalue weighted by Crippen LogP contribution is -2.43. The minimum atomic E-state index is 0.0753. The van der Waals surface area contributed by atoms with Gasteiger partial charge in [0.25, 0.3) is 0 Å². The quantitative estimate of drug-likeness (QED) is 0.616. The van der Waals surface area contributed by atoms with Crippen molar-refractivity contribution >= 4 is 5.96 Å². The lowest BCUT2D eigenvalue weighted by molar-refractivity contribution is 0.114. The monoisotopic (exact) mass is 333 g/mol. The molecule has 1 aromatic rings. The number of aliphatic imine (C=N–C) groups is 1. The number of ether oxygens (including phenoxy) is 2. The molecule has 1 fully saturated rings. The van der Waals surface area contributed by atoms with Crippen LogP contribution < -0.4 is 10.1 Å². The van der Waals surface area contributed by atoms with Crippen molar-refractivity contribution in [2.75, 3.05) is 39.9 Å². The van der Waals surface area contributed by atoms with Crippen LogP contribution in [0, 0.1) is 12.8 Å². The fourth-order valence-electron chi connectivity index (χ4n) is 2.90. The summed E-state index contributed by atoms with van der Waals surface area (Å²) < 4.78 is 11.5. The Labute approximate surface area is 146 Å². The van der Waals surface area contributed by atoms with E-state index in [-0.39, 0.29) is 6.10 Å². The summed E-state index contributed by atoms with van der Waals surface area (Å²) in [6.07, 6.45) is 1.24. The number of rotatable bonds is 7. The van der Waals surface area contributed by atoms with Gasteiger partial charge in [0.05, 0.1) is 13.2 Å². The lowest BCUT2D eigenvalue weighted by atomic mass is 10.1. The zero-order valence-electron chi connectivity index (χ0n) is 15.4. The van der Waals surface area contributed by atoms with Crippen LogP contribution in [0.3, 0.4) is 0 Å². The van der Waals surface area contributed by atoms with Gasteiger partial charge in [-0.1, -0.05) is 17.7 Å². The molecule has 5 heteroatoms. The molecule has 0 spiro atoms. The maximum Gasteiger partial charge on any atom is 0.193 e. The molecule has 1 saturated heterocycles. The molecule has 24 heavy (non-hydrogen) atoms. The molecule has 2 rings (SSSR count). The maximum absolute atomic E-state index is 5.95. The smallest absolute Gasteiger partial charge is 0.193 e. The van der Waals surface area contributed by atoms with E-state index in [0.29, 0.717) is 5.92 Å². The number of guanidine groups is 1. The van der Waals surface area contributed by atoms with Crippen molar-refractivity contribution in [3.05, 3.63) is 29.8 Å². The topological polar surface area (TPSA) is 46.1 Å². The van der Waals surface area contributed by atoms with Gasteiger partial charge in [0.15, 0.2) is 5.96 Å². The summed E-state index contributed by atoms with van der Waals surface area (Å²) in [6, 6.07) is 8.16. The number of likely N-dealkylation sites (tertiary alicyclic amines) is 1. The Hall–Kier alpha value is -1.75. The van der Waals surface area contributed by atoms with E-state index in [1.807, 2.05) is 26.1 Å². The number of hydrogen-bond acceptors (Lipinski definition) is 3. The van der Waals surface area contributed by atoms with Gasteiger partial charge in [0.2, 0.25) is 0 Å². The number of hydrogen-bond donors (Lipinski definition) is 1. The fraction of sp³-hybridized carbons (Fsp3) is 0.632. The Bertz CT molecular complexity index is 516. The van der Waals surface area contributed by atoms with Crippen LogP contribution in [-0.4, -0.2) is 56.9 Å². The van der Waals surface area contributed by atoms with E-state index < -0.39 is 0 Å². The second-order valence-electron chi connectivity index (χ2n) is 6.43. The van der Waals surface area contributed by atoms with Crippen LogP contribution in [-0.2, 0) is 4.74 Å². The molecular weight excluding hydrogens is 302 g/mol. The third-order valence-corrected chi connectivity index (χ3v) is 4.26. The predicted molar refractivity (Wildman–Crippen MR) is 98.8 cm³/mol. The van der Waals surface area contributed by atoms with Crippen LogP contribution in [0.1, 0.15) is 25.8 Å². The molecule has 2 unspecified atom stereocenters. The molecule has 0 radical (unpaired) electrons. The molecule has 0 saturated carbocycles. The molecular formula is C19H31N3O2. The van der Waals surface area contributed by atoms with Crippen molar-refractivity contribution < 1.29 is 9.47 Å². The van der Waals surface area contributed by atoms with Crippen LogP contribution in [0.4, 0.5) is 0 Å². The third-order valence-electron chi connectivity index (χ3n) is 4.26. The molecule has 5 nitrogen and oxygen atoms in total. The molecule has 0 aromatic heterocycles. The molecule has 1 aliphatic rings. The Morgan fingerprint density at radius 1 is 1.38 bits per heavy atom. The van der Waals surface area contributed by atoms with Crippen molar-refractivity contribution in [2.24, 2.45) is 10.9 Å². The molecule has 2 atom stereocenters. The van der Waals surface area contributed by atoms with E-state index in [2.05, 4.69) is 41.2 Å². The average Bonchev–Trinajstić information content (AvgIpc) is 3.04. The summed E-state index contributed by atoms with van der Waals surface area (Å²) in [5.74, 6) is 2.46. The Kier molecular flexibility index (Phi) is 7.37. The SMILES string of the molecule is CCOCC1CCN(C(=NC)NCC(C)Oc2ccc(C)cc2)C1. The molecule has 1 N–H and O–H groups in total. The summed E-state index contributed by atoms with van der Waals surface area (Å²) in [5, 5.41) is 3.43. The van der Waals surface area contributed by atoms with Gasteiger partial charge in [-0.05, 0) is 39.3 Å². The number of benzene rings is 1. The van der Waals surface area contributed by atoms with E-state index in [9.17, 15) is 0 Å². The second kappa shape index (κ2) is 9.52. The lowest BCUT2D eigenvalue weighted by Gasteiger charge is -2.23. The molecule has 0 aliphatic carbocycles. The molecule has 1 heterocycles. The van der Waals surface area contributed by atoms with E-state index in [0.717, 1.165) is 51.0 Å². The van der Waals surface area contributed by atoms with Crippen LogP contribution in [0.15, 0.2) is 29.3 Å². The van der Waals surface area contributed by atoms with Crippen LogP contribution in [0.5, 0.6) is 5.75 Å². The van der Waals surface area contributed by atoms with Gasteiger partial charge in [-0.25, -0.2) is 0 Å². The largest absolute Gasteiger partial charge is 0.489 e. The van der Waals surface area contributed by atoms with Gasteiger partial charge in [-0.15, -0.1) is 0 Å². The second-order valence-corrected chi connectivity index (χ2v) is 6.43. The maximum atomic E-state index is 5.95. The third kappa shape index (κ3) is 5.71. The summed E-state index contributed by atoms with van der Waals surface area (Å²) >= 11 is 0. The fourth-order valence-corrected chi connectivity index (χ4v) is 2.90. The molecule has 1 aliphatic heterocycles. The normalized spacial score (nSPS) is 19.4. The van der Waals surface area contributed by atoms with Crippen LogP contribution >= 0.6 is 0 Å². The highest BCUT2D eigenvalue weighted by atomic mass is 16.5. The van der Waals surface area contributed by atoms with Gasteiger partial charge in [-0.3, -0.25) is 4.99 Å². The number of nitrogens with zero attached hydrogens (tertiary/aromatic N) is 2. The summed E-state index contributed by atoms with van der Waals surface area (Å²) in [5.41, 5.74) is 1.24. The first-order valence-corrected chi connectivity index (χ1v) is 8.89. The standard InChI is InChI=1S/C19H31N3O2/c1-5-23-14-17-10-11-22(13-17)19(20-4)21-12-16(3)24-18-8-6-15(2)7-9-18/h6-9,16-17H,5,10-14H2,1-4H3,(H,20,21). The van der Waals surface area contributed by atoms with Crippen LogP contribution in [0.2, 0.25) is 0 Å². The average molecular weight is 333 g/mol. The van der Waals surface area contributed by atoms with E-state index in [1.54, 1.807) is 0 Å². The van der Waals surface area contributed by atoms with Crippen molar-refractivity contribution in [1.29, 1.82) is 0 Å². The zero-order chi connectivity index (χ0) is 17.4. The number of aryl methyl sites for hydroxylation is 1. The van der Waals surface area contributed by atoms with Crippen molar-refractivity contribution in [3.63, 3.8) is 0 Å². The highest BCUT2D eigenvalue weighted by molar-refractivity contribution is 5.80. The Morgan fingerprint density at radius 3 is 2.79 bits per heavy atom. The molecule has 0 amide bonds. The molecule has 0 bridgehead atoms. The first-order valence-electron chi connectivity index (χ1n) is 8.89. The van der Waals surface area contributed by atoms with E-state index >= 15 is 0 Å². The first kappa shape index (κ1) is 18.6. The van der Waals surface area contributed by atoms with Crippen molar-refractivity contribution in [3.8, 4) is 5.75 Å². The highest BCUT2D eigenvalue weighted by Gasteiger charge is 2.25.